The van der Waals surface area contributed by atoms with Gasteiger partial charge in [0.25, 0.3) is 0 Å². The summed E-state index contributed by atoms with van der Waals surface area (Å²) < 4.78 is 16.0. The molecule has 32 heavy (non-hydrogen) atoms. The second-order valence-corrected chi connectivity index (χ2v) is 8.64. The summed E-state index contributed by atoms with van der Waals surface area (Å²) in [5, 5.41) is 0. The Balaban J connectivity index is 1.48. The number of nitrogens with zero attached hydrogens (tertiary/aromatic N) is 1. The van der Waals surface area contributed by atoms with Gasteiger partial charge in [0.05, 0.1) is 6.61 Å². The molecule has 0 aromatic heterocycles. The van der Waals surface area contributed by atoms with Gasteiger partial charge in [-0.2, -0.15) is 0 Å². The quantitative estimate of drug-likeness (QED) is 0.422. The van der Waals surface area contributed by atoms with Gasteiger partial charge in [-0.15, -0.1) is 0 Å². The third-order valence-electron chi connectivity index (χ3n) is 6.48. The normalized spacial score (nSPS) is 18.7. The summed E-state index contributed by atoms with van der Waals surface area (Å²) in [5.41, 5.74) is 0.938. The molecule has 7 heteroatoms. The van der Waals surface area contributed by atoms with E-state index >= 15 is 0 Å². The number of benzene rings is 1. The SMILES string of the molecule is CCOC(=O)C(CCC1CCOCC1)C(=O)C1CCN(C(=O)OCc2ccccc2)CC1. The minimum absolute atomic E-state index is 0.0344. The molecule has 0 radical (unpaired) electrons. The van der Waals surface area contributed by atoms with Crippen molar-refractivity contribution in [2.75, 3.05) is 32.9 Å². The maximum atomic E-state index is 13.2. The van der Waals surface area contributed by atoms with E-state index in [1.165, 1.54) is 0 Å². The number of rotatable bonds is 9. The Morgan fingerprint density at radius 2 is 1.72 bits per heavy atom. The van der Waals surface area contributed by atoms with E-state index in [9.17, 15) is 14.4 Å². The molecule has 1 aromatic rings. The summed E-state index contributed by atoms with van der Waals surface area (Å²) in [6.45, 7) is 4.68. The van der Waals surface area contributed by atoms with Crippen molar-refractivity contribution in [2.45, 2.75) is 52.1 Å². The molecule has 0 N–H and O–H groups in total. The highest BCUT2D eigenvalue weighted by Gasteiger charge is 2.36. The Bertz CT molecular complexity index is 738. The Kier molecular flexibility index (Phi) is 9.53. The number of Topliss-reactive ketones (excluding diaryl/α,β-unsaturated/α-hetero) is 1. The predicted molar refractivity (Wildman–Crippen MR) is 119 cm³/mol. The zero-order chi connectivity index (χ0) is 22.8. The van der Waals surface area contributed by atoms with Crippen molar-refractivity contribution in [3.05, 3.63) is 35.9 Å². The zero-order valence-electron chi connectivity index (χ0n) is 19.0. The first-order valence-electron chi connectivity index (χ1n) is 11.8. The van der Waals surface area contributed by atoms with Crippen molar-refractivity contribution in [1.82, 2.24) is 4.90 Å². The van der Waals surface area contributed by atoms with E-state index in [-0.39, 0.29) is 31.0 Å². The third kappa shape index (κ3) is 7.05. The van der Waals surface area contributed by atoms with E-state index in [2.05, 4.69) is 0 Å². The van der Waals surface area contributed by atoms with Crippen molar-refractivity contribution >= 4 is 17.8 Å². The Morgan fingerprint density at radius 1 is 1.03 bits per heavy atom. The Hall–Kier alpha value is -2.41. The van der Waals surface area contributed by atoms with E-state index in [1.807, 2.05) is 30.3 Å². The Labute approximate surface area is 190 Å². The van der Waals surface area contributed by atoms with E-state index in [1.54, 1.807) is 11.8 Å². The van der Waals surface area contributed by atoms with Crippen LogP contribution in [0.15, 0.2) is 30.3 Å². The maximum Gasteiger partial charge on any atom is 0.410 e. The molecule has 2 heterocycles. The molecule has 7 nitrogen and oxygen atoms in total. The maximum absolute atomic E-state index is 13.2. The van der Waals surface area contributed by atoms with E-state index in [0.717, 1.165) is 38.0 Å². The lowest BCUT2D eigenvalue weighted by Gasteiger charge is -2.32. The van der Waals surface area contributed by atoms with E-state index in [4.69, 9.17) is 14.2 Å². The average Bonchev–Trinajstić information content (AvgIpc) is 2.84. The van der Waals surface area contributed by atoms with Gasteiger partial charge in [-0.25, -0.2) is 4.79 Å². The number of piperidine rings is 1. The molecule has 1 amide bonds. The van der Waals surface area contributed by atoms with Crippen molar-refractivity contribution in [3.8, 4) is 0 Å². The number of hydrogen-bond acceptors (Lipinski definition) is 6. The van der Waals surface area contributed by atoms with Crippen LogP contribution in [0.2, 0.25) is 0 Å². The second-order valence-electron chi connectivity index (χ2n) is 8.64. The molecule has 0 spiro atoms. The lowest BCUT2D eigenvalue weighted by Crippen LogP contribution is -2.42. The smallest absolute Gasteiger partial charge is 0.410 e. The van der Waals surface area contributed by atoms with Crippen LogP contribution in [-0.4, -0.2) is 55.7 Å². The largest absolute Gasteiger partial charge is 0.465 e. The van der Waals surface area contributed by atoms with Gasteiger partial charge in [0.15, 0.2) is 0 Å². The van der Waals surface area contributed by atoms with Gasteiger partial charge >= 0.3 is 12.1 Å². The molecule has 2 saturated heterocycles. The van der Waals surface area contributed by atoms with E-state index < -0.39 is 11.9 Å². The lowest BCUT2D eigenvalue weighted by molar-refractivity contribution is -0.153. The number of esters is 1. The van der Waals surface area contributed by atoms with Gasteiger partial charge in [-0.05, 0) is 56.9 Å². The fraction of sp³-hybridized carbons (Fsp3) is 0.640. The van der Waals surface area contributed by atoms with Crippen LogP contribution in [0.3, 0.4) is 0 Å². The molecule has 1 atom stereocenters. The number of likely N-dealkylation sites (tertiary alicyclic amines) is 1. The number of hydrogen-bond donors (Lipinski definition) is 0. The number of carbonyl (C=O) groups is 3. The summed E-state index contributed by atoms with van der Waals surface area (Å²) in [6.07, 6.45) is 4.06. The van der Waals surface area contributed by atoms with Gasteiger partial charge in [-0.3, -0.25) is 9.59 Å². The molecule has 2 aliphatic heterocycles. The van der Waals surface area contributed by atoms with Gasteiger partial charge in [0.2, 0.25) is 0 Å². The highest BCUT2D eigenvalue weighted by Crippen LogP contribution is 2.28. The number of ether oxygens (including phenoxy) is 3. The summed E-state index contributed by atoms with van der Waals surface area (Å²) in [6, 6.07) is 9.55. The molecule has 1 unspecified atom stereocenters. The highest BCUT2D eigenvalue weighted by molar-refractivity contribution is 6.00. The Morgan fingerprint density at radius 3 is 2.38 bits per heavy atom. The minimum atomic E-state index is -0.709. The standard InChI is InChI=1S/C25H35NO6/c1-2-31-24(28)22(9-8-19-12-16-30-17-13-19)23(27)21-10-14-26(15-11-21)25(29)32-18-20-6-4-3-5-7-20/h3-7,19,21-22H,2,8-18H2,1H3. The minimum Gasteiger partial charge on any atom is -0.465 e. The van der Waals surface area contributed by atoms with Crippen molar-refractivity contribution in [1.29, 1.82) is 0 Å². The molecule has 176 valence electrons. The fourth-order valence-electron chi connectivity index (χ4n) is 4.50. The predicted octanol–water partition coefficient (Wildman–Crippen LogP) is 3.99. The molecular formula is C25H35NO6. The monoisotopic (exact) mass is 445 g/mol. The topological polar surface area (TPSA) is 82.1 Å². The second kappa shape index (κ2) is 12.6. The van der Waals surface area contributed by atoms with Crippen LogP contribution >= 0.6 is 0 Å². The fourth-order valence-corrected chi connectivity index (χ4v) is 4.50. The van der Waals surface area contributed by atoms with Crippen LogP contribution in [0, 0.1) is 17.8 Å². The molecule has 0 saturated carbocycles. The number of amides is 1. The first-order chi connectivity index (χ1) is 15.6. The van der Waals surface area contributed by atoms with Gasteiger partial charge in [0, 0.05) is 32.2 Å². The van der Waals surface area contributed by atoms with Crippen molar-refractivity contribution in [3.63, 3.8) is 0 Å². The van der Waals surface area contributed by atoms with Crippen LogP contribution in [0.4, 0.5) is 4.79 Å². The first-order valence-corrected chi connectivity index (χ1v) is 11.8. The van der Waals surface area contributed by atoms with E-state index in [0.29, 0.717) is 38.3 Å². The van der Waals surface area contributed by atoms with Crippen LogP contribution < -0.4 is 0 Å². The summed E-state index contributed by atoms with van der Waals surface area (Å²) in [7, 11) is 0. The molecular weight excluding hydrogens is 410 g/mol. The third-order valence-corrected chi connectivity index (χ3v) is 6.48. The zero-order valence-corrected chi connectivity index (χ0v) is 19.0. The van der Waals surface area contributed by atoms with Gasteiger partial charge < -0.3 is 19.1 Å². The number of ketones is 1. The highest BCUT2D eigenvalue weighted by atomic mass is 16.6. The molecule has 2 aliphatic rings. The van der Waals surface area contributed by atoms with Crippen LogP contribution in [0.25, 0.3) is 0 Å². The molecule has 0 aliphatic carbocycles. The average molecular weight is 446 g/mol. The van der Waals surface area contributed by atoms with Crippen LogP contribution in [0.5, 0.6) is 0 Å². The lowest BCUT2D eigenvalue weighted by atomic mass is 9.81. The molecule has 3 rings (SSSR count). The molecule has 2 fully saturated rings. The molecule has 1 aromatic carbocycles. The van der Waals surface area contributed by atoms with Gasteiger partial charge in [-0.1, -0.05) is 30.3 Å². The van der Waals surface area contributed by atoms with Crippen molar-refractivity contribution < 1.29 is 28.6 Å². The summed E-state index contributed by atoms with van der Waals surface area (Å²) in [4.78, 5) is 39.8. The van der Waals surface area contributed by atoms with Crippen molar-refractivity contribution in [2.24, 2.45) is 17.8 Å². The van der Waals surface area contributed by atoms with Crippen LogP contribution in [-0.2, 0) is 30.4 Å². The summed E-state index contributed by atoms with van der Waals surface area (Å²) >= 11 is 0. The van der Waals surface area contributed by atoms with Gasteiger partial charge in [0.1, 0.15) is 18.3 Å². The number of carbonyl (C=O) groups excluding carboxylic acids is 3. The first kappa shape index (κ1) is 24.2. The summed E-state index contributed by atoms with van der Waals surface area (Å²) in [5.74, 6) is -0.881. The molecule has 0 bridgehead atoms. The van der Waals surface area contributed by atoms with Crippen LogP contribution in [0.1, 0.15) is 51.0 Å².